The fourth-order valence-electron chi connectivity index (χ4n) is 3.77. The van der Waals surface area contributed by atoms with Crippen LogP contribution in [0.1, 0.15) is 22.0 Å². The Balaban J connectivity index is 1.65. The lowest BCUT2D eigenvalue weighted by atomic mass is 9.92. The second-order valence-corrected chi connectivity index (χ2v) is 8.98. The minimum atomic E-state index is -0.667. The Labute approximate surface area is 189 Å². The Morgan fingerprint density at radius 3 is 2.33 bits per heavy atom. The monoisotopic (exact) mass is 523 g/mol. The fourth-order valence-corrected chi connectivity index (χ4v) is 4.39. The minimum Gasteiger partial charge on any atom is -0.356 e. The van der Waals surface area contributed by atoms with Gasteiger partial charge >= 0.3 is 0 Å². The minimum absolute atomic E-state index is 0.136. The fraction of sp³-hybridized carbons (Fsp3) is 0.0833. The first kappa shape index (κ1) is 19.4. The molecule has 3 aromatic carbocycles. The van der Waals surface area contributed by atoms with Crippen LogP contribution in [0.4, 0.5) is 0 Å². The maximum Gasteiger partial charge on any atom is 0.260 e. The predicted octanol–water partition coefficient (Wildman–Crippen LogP) is 6.04. The molecule has 0 bridgehead atoms. The van der Waals surface area contributed by atoms with Gasteiger partial charge in [-0.3, -0.25) is 9.59 Å². The summed E-state index contributed by atoms with van der Waals surface area (Å²) < 4.78 is 7.54. The number of nitrogens with one attached hydrogen (secondary N) is 1. The number of pyridine rings is 1. The van der Waals surface area contributed by atoms with E-state index >= 15 is 0 Å². The number of hydrogen-bond acceptors (Lipinski definition) is 3. The molecule has 1 saturated heterocycles. The smallest absolute Gasteiger partial charge is 0.260 e. The lowest BCUT2D eigenvalue weighted by Gasteiger charge is -2.12. The molecule has 1 aliphatic rings. The van der Waals surface area contributed by atoms with Crippen LogP contribution in [-0.2, 0) is 4.74 Å². The third kappa shape index (κ3) is 3.45. The van der Waals surface area contributed by atoms with Gasteiger partial charge in [0.05, 0.1) is 5.56 Å². The van der Waals surface area contributed by atoms with Crippen LogP contribution in [0.2, 0.25) is 0 Å². The largest absolute Gasteiger partial charge is 0.356 e. The standard InChI is InChI=1S/C24H15Br2NO3/c25-15-8-6-14(7-9-15)22-23(30-22)21(28)20-19(13-4-2-1-3-5-13)17-12-16(26)10-11-18(17)27-24(20)29/h1-12,22-23H,(H,27,29)/t22-,23+/m0/s1. The third-order valence-corrected chi connectivity index (χ3v) is 6.26. The van der Waals surface area contributed by atoms with Crippen molar-refractivity contribution in [1.29, 1.82) is 0 Å². The maximum atomic E-state index is 13.4. The van der Waals surface area contributed by atoms with E-state index in [0.717, 1.165) is 25.5 Å². The Morgan fingerprint density at radius 2 is 1.60 bits per heavy atom. The van der Waals surface area contributed by atoms with Crippen molar-refractivity contribution < 1.29 is 9.53 Å². The van der Waals surface area contributed by atoms with Gasteiger partial charge in [0.2, 0.25) is 5.78 Å². The van der Waals surface area contributed by atoms with Crippen molar-refractivity contribution in [1.82, 2.24) is 4.98 Å². The molecule has 0 aliphatic carbocycles. The number of halogens is 2. The number of hydrogen-bond donors (Lipinski definition) is 1. The van der Waals surface area contributed by atoms with Crippen LogP contribution in [0.25, 0.3) is 22.0 Å². The molecule has 0 amide bonds. The van der Waals surface area contributed by atoms with Crippen LogP contribution in [0, 0.1) is 0 Å². The highest BCUT2D eigenvalue weighted by atomic mass is 79.9. The Hall–Kier alpha value is -2.54. The maximum absolute atomic E-state index is 13.4. The summed E-state index contributed by atoms with van der Waals surface area (Å²) in [7, 11) is 0. The van der Waals surface area contributed by atoms with Crippen LogP contribution in [0.5, 0.6) is 0 Å². The van der Waals surface area contributed by atoms with Gasteiger partial charge in [0.25, 0.3) is 5.56 Å². The zero-order valence-electron chi connectivity index (χ0n) is 15.6. The molecule has 2 atom stereocenters. The van der Waals surface area contributed by atoms with Gasteiger partial charge in [-0.25, -0.2) is 0 Å². The normalized spacial score (nSPS) is 17.8. The first-order chi connectivity index (χ1) is 14.5. The molecule has 1 fully saturated rings. The number of H-pyrrole nitrogens is 1. The van der Waals surface area contributed by atoms with E-state index in [0.29, 0.717) is 11.1 Å². The van der Waals surface area contributed by atoms with Gasteiger partial charge in [-0.1, -0.05) is 74.3 Å². The molecule has 148 valence electrons. The number of rotatable bonds is 4. The molecule has 0 saturated carbocycles. The van der Waals surface area contributed by atoms with Crippen molar-refractivity contribution in [3.8, 4) is 11.1 Å². The number of aromatic nitrogens is 1. The molecule has 4 nitrogen and oxygen atoms in total. The van der Waals surface area contributed by atoms with Crippen molar-refractivity contribution in [3.63, 3.8) is 0 Å². The van der Waals surface area contributed by atoms with Crippen LogP contribution >= 0.6 is 31.9 Å². The van der Waals surface area contributed by atoms with Gasteiger partial charge < -0.3 is 9.72 Å². The lowest BCUT2D eigenvalue weighted by Crippen LogP contribution is -2.23. The van der Waals surface area contributed by atoms with E-state index in [1.165, 1.54) is 0 Å². The summed E-state index contributed by atoms with van der Waals surface area (Å²) in [5.74, 6) is -0.301. The van der Waals surface area contributed by atoms with Crippen molar-refractivity contribution in [2.45, 2.75) is 12.2 Å². The Morgan fingerprint density at radius 1 is 0.900 bits per heavy atom. The van der Waals surface area contributed by atoms with Crippen LogP contribution < -0.4 is 5.56 Å². The highest BCUT2D eigenvalue weighted by Gasteiger charge is 2.47. The van der Waals surface area contributed by atoms with Crippen LogP contribution in [0.15, 0.2) is 86.5 Å². The topological polar surface area (TPSA) is 62.5 Å². The summed E-state index contributed by atoms with van der Waals surface area (Å²) in [6.45, 7) is 0. The number of aromatic amines is 1. The molecule has 30 heavy (non-hydrogen) atoms. The van der Waals surface area contributed by atoms with Gasteiger partial charge in [0.1, 0.15) is 6.10 Å². The number of ether oxygens (including phenoxy) is 1. The van der Waals surface area contributed by atoms with E-state index < -0.39 is 11.7 Å². The summed E-state index contributed by atoms with van der Waals surface area (Å²) in [5.41, 5.74) is 2.77. The van der Waals surface area contributed by atoms with Gasteiger partial charge in [-0.15, -0.1) is 0 Å². The molecule has 4 aromatic rings. The van der Waals surface area contributed by atoms with Gasteiger partial charge in [0.15, 0.2) is 6.10 Å². The number of ketones is 1. The Kier molecular flexibility index (Phi) is 4.93. The average molecular weight is 525 g/mol. The first-order valence-electron chi connectivity index (χ1n) is 9.39. The first-order valence-corrected chi connectivity index (χ1v) is 11.0. The van der Waals surface area contributed by atoms with E-state index in [4.69, 9.17) is 4.74 Å². The molecule has 0 radical (unpaired) electrons. The summed E-state index contributed by atoms with van der Waals surface area (Å²) >= 11 is 6.91. The average Bonchev–Trinajstić information content (AvgIpc) is 3.55. The molecular formula is C24H15Br2NO3. The third-order valence-electron chi connectivity index (χ3n) is 5.23. The zero-order valence-corrected chi connectivity index (χ0v) is 18.7. The molecule has 1 aliphatic heterocycles. The molecule has 0 unspecified atom stereocenters. The molecule has 1 N–H and O–H groups in total. The highest BCUT2D eigenvalue weighted by Crippen LogP contribution is 2.42. The van der Waals surface area contributed by atoms with E-state index in [1.54, 1.807) is 0 Å². The Bertz CT molecular complexity index is 1330. The number of Topliss-reactive ketones (excluding diaryl/α,β-unsaturated/α-hetero) is 1. The number of carbonyl (C=O) groups excluding carboxylic acids is 1. The van der Waals surface area contributed by atoms with Crippen molar-refractivity contribution in [2.24, 2.45) is 0 Å². The second-order valence-electron chi connectivity index (χ2n) is 7.15. The molecule has 2 heterocycles. The van der Waals surface area contributed by atoms with Crippen molar-refractivity contribution in [2.75, 3.05) is 0 Å². The summed E-state index contributed by atoms with van der Waals surface area (Å²) in [4.78, 5) is 29.3. The van der Waals surface area contributed by atoms with Crippen LogP contribution in [0.3, 0.4) is 0 Å². The number of carbonyl (C=O) groups is 1. The number of benzene rings is 3. The zero-order chi connectivity index (χ0) is 20.8. The SMILES string of the molecule is O=C(c1c(-c2ccccc2)c2cc(Br)ccc2[nH]c1=O)[C@H]1O[C@H]1c1ccc(Br)cc1. The second kappa shape index (κ2) is 7.61. The molecule has 6 heteroatoms. The van der Waals surface area contributed by atoms with Gasteiger partial charge in [0, 0.05) is 25.4 Å². The van der Waals surface area contributed by atoms with E-state index in [-0.39, 0.29) is 17.5 Å². The summed E-state index contributed by atoms with van der Waals surface area (Å²) in [6.07, 6.45) is -1.01. The number of epoxide rings is 1. The van der Waals surface area contributed by atoms with Crippen molar-refractivity contribution in [3.05, 3.63) is 103 Å². The highest BCUT2D eigenvalue weighted by molar-refractivity contribution is 9.10. The van der Waals surface area contributed by atoms with Gasteiger partial charge in [-0.05, 0) is 41.5 Å². The van der Waals surface area contributed by atoms with Crippen molar-refractivity contribution >= 4 is 48.5 Å². The van der Waals surface area contributed by atoms with Gasteiger partial charge in [-0.2, -0.15) is 0 Å². The predicted molar refractivity (Wildman–Crippen MR) is 124 cm³/mol. The van der Waals surface area contributed by atoms with E-state index in [2.05, 4.69) is 36.8 Å². The molecule has 5 rings (SSSR count). The van der Waals surface area contributed by atoms with Crippen LogP contribution in [-0.4, -0.2) is 16.9 Å². The number of fused-ring (bicyclic) bond motifs is 1. The lowest BCUT2D eigenvalue weighted by molar-refractivity contribution is 0.0953. The van der Waals surface area contributed by atoms with E-state index in [1.807, 2.05) is 72.8 Å². The molecule has 0 spiro atoms. The molecule has 1 aromatic heterocycles. The quantitative estimate of drug-likeness (QED) is 0.261. The summed E-state index contributed by atoms with van der Waals surface area (Å²) in [6, 6.07) is 22.8. The summed E-state index contributed by atoms with van der Waals surface area (Å²) in [5, 5.41) is 0.805. The molecular weight excluding hydrogens is 510 g/mol. The van der Waals surface area contributed by atoms with E-state index in [9.17, 15) is 9.59 Å².